The van der Waals surface area contributed by atoms with E-state index in [2.05, 4.69) is 18.7 Å². The molecule has 1 heterocycles. The first-order valence-corrected chi connectivity index (χ1v) is 10.6. The number of Topliss-reactive ketones (excluding diaryl/α,β-unsaturated/α-hetero) is 1. The van der Waals surface area contributed by atoms with Crippen LogP contribution in [0.25, 0.3) is 0 Å². The maximum atomic E-state index is 13.3. The first-order valence-electron chi connectivity index (χ1n) is 10.6. The van der Waals surface area contributed by atoms with E-state index in [4.69, 9.17) is 19.9 Å². The van der Waals surface area contributed by atoms with E-state index >= 15 is 0 Å². The van der Waals surface area contributed by atoms with Crippen molar-refractivity contribution in [3.05, 3.63) is 46.6 Å². The minimum Gasteiger partial charge on any atom is -0.496 e. The summed E-state index contributed by atoms with van der Waals surface area (Å²) in [4.78, 5) is 28.2. The Morgan fingerprint density at radius 3 is 2.48 bits per heavy atom. The first kappa shape index (κ1) is 22.7. The number of benzene rings is 1. The zero-order valence-electron chi connectivity index (χ0n) is 19.2. The minimum atomic E-state index is -0.708. The van der Waals surface area contributed by atoms with Crippen LogP contribution in [-0.2, 0) is 19.1 Å². The Balaban J connectivity index is 2.22. The molecule has 0 bridgehead atoms. The summed E-state index contributed by atoms with van der Waals surface area (Å²) in [5.74, 6) is -0.320. The molecule has 168 valence electrons. The lowest BCUT2D eigenvalue weighted by Crippen LogP contribution is -2.35. The van der Waals surface area contributed by atoms with Crippen LogP contribution in [0.4, 0.5) is 5.69 Å². The van der Waals surface area contributed by atoms with Crippen LogP contribution in [0.15, 0.2) is 41.0 Å². The van der Waals surface area contributed by atoms with Gasteiger partial charge in [0.1, 0.15) is 17.1 Å². The molecule has 1 aliphatic heterocycles. The predicted octanol–water partition coefficient (Wildman–Crippen LogP) is 3.64. The van der Waals surface area contributed by atoms with E-state index in [0.717, 1.165) is 18.8 Å². The molecule has 1 atom stereocenters. The summed E-state index contributed by atoms with van der Waals surface area (Å²) in [5, 5.41) is 0. The highest BCUT2D eigenvalue weighted by molar-refractivity contribution is 6.03. The maximum Gasteiger partial charge on any atom is 0.340 e. The van der Waals surface area contributed by atoms with Crippen molar-refractivity contribution < 1.29 is 23.8 Å². The van der Waals surface area contributed by atoms with Crippen LogP contribution in [0.5, 0.6) is 5.75 Å². The second-order valence-electron chi connectivity index (χ2n) is 8.68. The molecule has 1 unspecified atom stereocenters. The van der Waals surface area contributed by atoms with Gasteiger partial charge in [-0.1, -0.05) is 19.9 Å². The largest absolute Gasteiger partial charge is 0.496 e. The molecule has 0 fully saturated rings. The molecule has 2 N–H and O–H groups in total. The van der Waals surface area contributed by atoms with Gasteiger partial charge in [0.2, 0.25) is 5.88 Å². The quantitative estimate of drug-likeness (QED) is 0.692. The molecular formula is C24H32N2O5. The molecule has 2 aliphatic rings. The summed E-state index contributed by atoms with van der Waals surface area (Å²) in [5.41, 5.74) is 8.22. The summed E-state index contributed by atoms with van der Waals surface area (Å²) < 4.78 is 16.5. The number of nitrogens with zero attached hydrogens (tertiary/aromatic N) is 1. The zero-order valence-corrected chi connectivity index (χ0v) is 19.2. The van der Waals surface area contributed by atoms with E-state index in [9.17, 15) is 9.59 Å². The third kappa shape index (κ3) is 4.13. The van der Waals surface area contributed by atoms with Gasteiger partial charge in [-0.15, -0.1) is 0 Å². The fourth-order valence-electron chi connectivity index (χ4n) is 4.53. The Morgan fingerprint density at radius 2 is 1.90 bits per heavy atom. The van der Waals surface area contributed by atoms with Gasteiger partial charge in [0.15, 0.2) is 5.78 Å². The van der Waals surface area contributed by atoms with Gasteiger partial charge in [-0.2, -0.15) is 0 Å². The Bertz CT molecular complexity index is 957. The lowest BCUT2D eigenvalue weighted by Gasteiger charge is -2.38. The fourth-order valence-corrected chi connectivity index (χ4v) is 4.53. The molecule has 7 heteroatoms. The van der Waals surface area contributed by atoms with Gasteiger partial charge >= 0.3 is 5.97 Å². The maximum absolute atomic E-state index is 13.3. The first-order chi connectivity index (χ1) is 14.7. The number of nitrogens with two attached hydrogens (primary N) is 1. The molecule has 0 radical (unpaired) electrons. The lowest BCUT2D eigenvalue weighted by molar-refractivity contribution is -0.136. The van der Waals surface area contributed by atoms with Crippen molar-refractivity contribution in [2.24, 2.45) is 11.1 Å². The number of ketones is 1. The van der Waals surface area contributed by atoms with Crippen molar-refractivity contribution >= 4 is 17.4 Å². The number of carbonyl (C=O) groups excluding carboxylic acids is 2. The molecule has 3 rings (SSSR count). The molecule has 7 nitrogen and oxygen atoms in total. The Morgan fingerprint density at radius 1 is 1.23 bits per heavy atom. The van der Waals surface area contributed by atoms with Crippen LogP contribution < -0.4 is 15.4 Å². The van der Waals surface area contributed by atoms with E-state index in [0.29, 0.717) is 35.5 Å². The van der Waals surface area contributed by atoms with Gasteiger partial charge in [0.05, 0.1) is 20.1 Å². The molecular weight excluding hydrogens is 396 g/mol. The smallest absolute Gasteiger partial charge is 0.340 e. The van der Waals surface area contributed by atoms with Gasteiger partial charge < -0.3 is 24.8 Å². The van der Waals surface area contributed by atoms with Gasteiger partial charge in [0.25, 0.3) is 0 Å². The molecule has 0 spiro atoms. The van der Waals surface area contributed by atoms with E-state index in [1.807, 2.05) is 32.0 Å². The average Bonchev–Trinajstić information content (AvgIpc) is 2.72. The number of methoxy groups -OCH3 is 2. The van der Waals surface area contributed by atoms with E-state index < -0.39 is 11.9 Å². The Hall–Kier alpha value is -2.96. The fraction of sp³-hybridized carbons (Fsp3) is 0.500. The third-order valence-corrected chi connectivity index (χ3v) is 6.02. The minimum absolute atomic E-state index is 0.0315. The highest BCUT2D eigenvalue weighted by Crippen LogP contribution is 2.50. The number of esters is 1. The molecule has 1 aromatic carbocycles. The summed E-state index contributed by atoms with van der Waals surface area (Å²) in [6.45, 7) is 9.89. The molecule has 1 aromatic rings. The monoisotopic (exact) mass is 428 g/mol. The average molecular weight is 429 g/mol. The van der Waals surface area contributed by atoms with Gasteiger partial charge in [-0.05, 0) is 25.3 Å². The van der Waals surface area contributed by atoms with Crippen LogP contribution in [0, 0.1) is 5.41 Å². The Labute approximate surface area is 183 Å². The van der Waals surface area contributed by atoms with Crippen molar-refractivity contribution in [1.82, 2.24) is 0 Å². The summed E-state index contributed by atoms with van der Waals surface area (Å²) >= 11 is 0. The number of carbonyl (C=O) groups is 2. The van der Waals surface area contributed by atoms with Crippen LogP contribution in [0.3, 0.4) is 0 Å². The molecule has 1 aliphatic carbocycles. The second kappa shape index (κ2) is 8.65. The third-order valence-electron chi connectivity index (χ3n) is 6.02. The summed E-state index contributed by atoms with van der Waals surface area (Å²) in [6, 6.07) is 5.81. The standard InChI is InChI=1S/C24H32N2O5/c1-7-26(8-2)14-9-10-15(17(11-14)29-5)19-20-16(27)12-24(3,4)13-18(20)31-22(25)21(19)23(28)30-6/h9-11,19H,7-8,12-13,25H2,1-6H3. The zero-order chi connectivity index (χ0) is 22.9. The highest BCUT2D eigenvalue weighted by Gasteiger charge is 2.45. The number of rotatable bonds is 6. The van der Waals surface area contributed by atoms with Crippen molar-refractivity contribution in [2.75, 3.05) is 32.2 Å². The number of anilines is 1. The van der Waals surface area contributed by atoms with Crippen LogP contribution in [0.1, 0.15) is 52.0 Å². The normalized spacial score (nSPS) is 20.2. The van der Waals surface area contributed by atoms with Gasteiger partial charge in [-0.3, -0.25) is 4.79 Å². The molecule has 31 heavy (non-hydrogen) atoms. The SMILES string of the molecule is CCN(CC)c1ccc(C2C(C(=O)OC)=C(N)OC3=C2C(=O)CC(C)(C)C3)c(OC)c1. The van der Waals surface area contributed by atoms with Gasteiger partial charge in [-0.25, -0.2) is 4.79 Å². The van der Waals surface area contributed by atoms with E-state index in [1.54, 1.807) is 7.11 Å². The van der Waals surface area contributed by atoms with E-state index in [1.165, 1.54) is 7.11 Å². The number of allylic oxidation sites excluding steroid dienone is 2. The predicted molar refractivity (Wildman–Crippen MR) is 119 cm³/mol. The lowest BCUT2D eigenvalue weighted by atomic mass is 9.70. The van der Waals surface area contributed by atoms with Crippen LogP contribution in [0.2, 0.25) is 0 Å². The second-order valence-corrected chi connectivity index (χ2v) is 8.68. The highest BCUT2D eigenvalue weighted by atomic mass is 16.5. The summed E-state index contributed by atoms with van der Waals surface area (Å²) in [6.07, 6.45) is 0.916. The molecule has 0 amide bonds. The molecule has 0 saturated carbocycles. The van der Waals surface area contributed by atoms with Crippen LogP contribution in [-0.4, -0.2) is 39.1 Å². The Kier molecular flexibility index (Phi) is 6.34. The van der Waals surface area contributed by atoms with Crippen LogP contribution >= 0.6 is 0 Å². The topological polar surface area (TPSA) is 91.1 Å². The van der Waals surface area contributed by atoms with E-state index in [-0.39, 0.29) is 22.7 Å². The van der Waals surface area contributed by atoms with Crippen molar-refractivity contribution in [1.29, 1.82) is 0 Å². The number of ether oxygens (including phenoxy) is 3. The summed E-state index contributed by atoms with van der Waals surface area (Å²) in [7, 11) is 2.87. The van der Waals surface area contributed by atoms with Crippen molar-refractivity contribution in [3.8, 4) is 5.75 Å². The number of hydrogen-bond acceptors (Lipinski definition) is 7. The molecule has 0 saturated heterocycles. The van der Waals surface area contributed by atoms with Gasteiger partial charge in [0, 0.05) is 48.8 Å². The number of hydrogen-bond donors (Lipinski definition) is 1. The van der Waals surface area contributed by atoms with Crippen molar-refractivity contribution in [2.45, 2.75) is 46.5 Å². The van der Waals surface area contributed by atoms with Crippen molar-refractivity contribution in [3.63, 3.8) is 0 Å². The molecule has 0 aromatic heterocycles.